The van der Waals surface area contributed by atoms with Crippen molar-refractivity contribution in [3.8, 4) is 5.75 Å². The highest BCUT2D eigenvalue weighted by Crippen LogP contribution is 2.42. The van der Waals surface area contributed by atoms with Crippen LogP contribution >= 0.6 is 23.2 Å². The van der Waals surface area contributed by atoms with Crippen LogP contribution in [0, 0.1) is 0 Å². The van der Waals surface area contributed by atoms with Crippen molar-refractivity contribution in [3.05, 3.63) is 63.6 Å². The van der Waals surface area contributed by atoms with Crippen LogP contribution in [0.25, 0.3) is 0 Å². The Kier molecular flexibility index (Phi) is 7.30. The van der Waals surface area contributed by atoms with Gasteiger partial charge in [0.2, 0.25) is 5.91 Å². The van der Waals surface area contributed by atoms with Crippen LogP contribution < -0.4 is 4.74 Å². The summed E-state index contributed by atoms with van der Waals surface area (Å²) in [6, 6.07) is 13.3. The van der Waals surface area contributed by atoms with Crippen molar-refractivity contribution in [2.24, 2.45) is 0 Å². The highest BCUT2D eigenvalue weighted by Gasteiger charge is 2.51. The van der Waals surface area contributed by atoms with Crippen LogP contribution in [0.3, 0.4) is 0 Å². The summed E-state index contributed by atoms with van der Waals surface area (Å²) in [5, 5.41) is 1.02. The number of rotatable bonds is 7. The van der Waals surface area contributed by atoms with Gasteiger partial charge in [0.15, 0.2) is 6.29 Å². The smallest absolute Gasteiger partial charge is 0.227 e. The third kappa shape index (κ3) is 4.91. The maximum Gasteiger partial charge on any atom is 0.227 e. The molecule has 2 fully saturated rings. The van der Waals surface area contributed by atoms with Crippen LogP contribution in [0.4, 0.5) is 0 Å². The minimum atomic E-state index is -0.362. The molecule has 0 saturated carbocycles. The number of methoxy groups -OCH3 is 1. The summed E-state index contributed by atoms with van der Waals surface area (Å²) in [6.45, 7) is 3.90. The molecule has 0 N–H and O–H groups in total. The summed E-state index contributed by atoms with van der Waals surface area (Å²) in [7, 11) is 1.62. The SMILES string of the molecule is COc1cccc(CC(=O)N2CC(c3ccc(Cl)c(Cl)c3)(C(C)OC3CCCCO3)C2)c1. The Bertz CT molecular complexity index is 955. The Morgan fingerprint density at radius 3 is 2.69 bits per heavy atom. The van der Waals surface area contributed by atoms with E-state index in [0.717, 1.165) is 42.7 Å². The molecule has 0 aliphatic carbocycles. The first-order valence-corrected chi connectivity index (χ1v) is 11.8. The molecule has 2 aromatic carbocycles. The van der Waals surface area contributed by atoms with Crippen LogP contribution in [-0.2, 0) is 26.1 Å². The molecule has 32 heavy (non-hydrogen) atoms. The van der Waals surface area contributed by atoms with Crippen molar-refractivity contribution >= 4 is 29.1 Å². The van der Waals surface area contributed by atoms with Gasteiger partial charge >= 0.3 is 0 Å². The zero-order valence-electron chi connectivity index (χ0n) is 18.5. The fourth-order valence-electron chi connectivity index (χ4n) is 4.54. The molecule has 2 aromatic rings. The fourth-order valence-corrected chi connectivity index (χ4v) is 4.83. The van der Waals surface area contributed by atoms with Gasteiger partial charge in [-0.3, -0.25) is 4.79 Å². The van der Waals surface area contributed by atoms with E-state index in [-0.39, 0.29) is 23.7 Å². The first-order chi connectivity index (χ1) is 15.4. The second-order valence-electron chi connectivity index (χ2n) is 8.64. The predicted molar refractivity (Wildman–Crippen MR) is 126 cm³/mol. The highest BCUT2D eigenvalue weighted by molar-refractivity contribution is 6.42. The van der Waals surface area contributed by atoms with Gasteiger partial charge in [-0.1, -0.05) is 41.4 Å². The molecular weight excluding hydrogens is 449 g/mol. The molecule has 0 spiro atoms. The number of likely N-dealkylation sites (tertiary alicyclic amines) is 1. The summed E-state index contributed by atoms with van der Waals surface area (Å²) in [6.07, 6.45) is 3.03. The highest BCUT2D eigenvalue weighted by atomic mass is 35.5. The summed E-state index contributed by atoms with van der Waals surface area (Å²) in [4.78, 5) is 14.9. The molecule has 1 amide bonds. The Balaban J connectivity index is 1.50. The topological polar surface area (TPSA) is 48.0 Å². The summed E-state index contributed by atoms with van der Waals surface area (Å²) in [5.41, 5.74) is 1.60. The van der Waals surface area contributed by atoms with Crippen LogP contribution in [0.1, 0.15) is 37.3 Å². The van der Waals surface area contributed by atoms with E-state index in [1.54, 1.807) is 7.11 Å². The van der Waals surface area contributed by atoms with Gasteiger partial charge in [0, 0.05) is 19.7 Å². The molecule has 0 radical (unpaired) electrons. The van der Waals surface area contributed by atoms with E-state index in [1.807, 2.05) is 47.4 Å². The number of hydrogen-bond donors (Lipinski definition) is 0. The van der Waals surface area contributed by atoms with E-state index in [4.69, 9.17) is 37.4 Å². The minimum absolute atomic E-state index is 0.0788. The van der Waals surface area contributed by atoms with Crippen molar-refractivity contribution in [3.63, 3.8) is 0 Å². The molecule has 0 aromatic heterocycles. The summed E-state index contributed by atoms with van der Waals surface area (Å²) in [5.74, 6) is 0.827. The van der Waals surface area contributed by atoms with Crippen molar-refractivity contribution in [1.29, 1.82) is 0 Å². The van der Waals surface area contributed by atoms with E-state index in [0.29, 0.717) is 29.6 Å². The molecule has 2 aliphatic heterocycles. The van der Waals surface area contributed by atoms with E-state index in [2.05, 4.69) is 6.92 Å². The maximum absolute atomic E-state index is 13.0. The van der Waals surface area contributed by atoms with Gasteiger partial charge < -0.3 is 19.1 Å². The number of benzene rings is 2. The van der Waals surface area contributed by atoms with Gasteiger partial charge in [0.1, 0.15) is 5.75 Å². The van der Waals surface area contributed by atoms with E-state index < -0.39 is 0 Å². The second-order valence-corrected chi connectivity index (χ2v) is 9.45. The quantitative estimate of drug-likeness (QED) is 0.545. The zero-order chi connectivity index (χ0) is 22.7. The van der Waals surface area contributed by atoms with E-state index in [1.165, 1.54) is 0 Å². The Hall–Kier alpha value is -1.79. The predicted octanol–water partition coefficient (Wildman–Crippen LogP) is 5.26. The van der Waals surface area contributed by atoms with Crippen molar-refractivity contribution < 1.29 is 19.0 Å². The molecule has 4 rings (SSSR count). The molecule has 2 heterocycles. The first-order valence-electron chi connectivity index (χ1n) is 11.0. The average Bonchev–Trinajstić information content (AvgIpc) is 2.76. The summed E-state index contributed by atoms with van der Waals surface area (Å²) >= 11 is 12.5. The van der Waals surface area contributed by atoms with Gasteiger partial charge in [-0.15, -0.1) is 0 Å². The maximum atomic E-state index is 13.0. The van der Waals surface area contributed by atoms with Crippen molar-refractivity contribution in [1.82, 2.24) is 4.90 Å². The van der Waals surface area contributed by atoms with Crippen LogP contribution in [-0.4, -0.2) is 50.0 Å². The van der Waals surface area contributed by atoms with Gasteiger partial charge in [0.25, 0.3) is 0 Å². The molecule has 2 unspecified atom stereocenters. The third-order valence-electron chi connectivity index (χ3n) is 6.55. The Labute approximate surface area is 199 Å². The van der Waals surface area contributed by atoms with E-state index in [9.17, 15) is 4.79 Å². The molecule has 5 nitrogen and oxygen atoms in total. The number of carbonyl (C=O) groups excluding carboxylic acids is 1. The molecule has 2 atom stereocenters. The lowest BCUT2D eigenvalue weighted by Crippen LogP contribution is -2.66. The molecule has 2 saturated heterocycles. The lowest BCUT2D eigenvalue weighted by molar-refractivity contribution is -0.210. The van der Waals surface area contributed by atoms with Crippen LogP contribution in [0.15, 0.2) is 42.5 Å². The van der Waals surface area contributed by atoms with Gasteiger partial charge in [-0.25, -0.2) is 0 Å². The molecule has 172 valence electrons. The number of halogens is 2. The Morgan fingerprint density at radius 2 is 2.00 bits per heavy atom. The lowest BCUT2D eigenvalue weighted by atomic mass is 9.69. The second kappa shape index (κ2) is 10.0. The molecular formula is C25H29Cl2NO4. The van der Waals surface area contributed by atoms with E-state index >= 15 is 0 Å². The average molecular weight is 478 g/mol. The third-order valence-corrected chi connectivity index (χ3v) is 7.29. The number of carbonyl (C=O) groups is 1. The van der Waals surface area contributed by atoms with Crippen molar-refractivity contribution in [2.75, 3.05) is 26.8 Å². The largest absolute Gasteiger partial charge is 0.497 e. The summed E-state index contributed by atoms with van der Waals surface area (Å²) < 4.78 is 17.4. The number of hydrogen-bond acceptors (Lipinski definition) is 4. The van der Waals surface area contributed by atoms with Crippen LogP contribution in [0.2, 0.25) is 10.0 Å². The van der Waals surface area contributed by atoms with Gasteiger partial charge in [-0.05, 0) is 61.6 Å². The minimum Gasteiger partial charge on any atom is -0.497 e. The lowest BCUT2D eigenvalue weighted by Gasteiger charge is -2.54. The molecule has 7 heteroatoms. The number of amides is 1. The van der Waals surface area contributed by atoms with Crippen molar-refractivity contribution in [2.45, 2.75) is 50.4 Å². The van der Waals surface area contributed by atoms with Gasteiger partial charge in [0.05, 0.1) is 35.1 Å². The van der Waals surface area contributed by atoms with Crippen LogP contribution in [0.5, 0.6) is 5.75 Å². The number of ether oxygens (including phenoxy) is 3. The molecule has 0 bridgehead atoms. The van der Waals surface area contributed by atoms with Gasteiger partial charge in [-0.2, -0.15) is 0 Å². The number of nitrogens with zero attached hydrogens (tertiary/aromatic N) is 1. The zero-order valence-corrected chi connectivity index (χ0v) is 20.0. The Morgan fingerprint density at radius 1 is 1.19 bits per heavy atom. The molecule has 2 aliphatic rings. The first kappa shape index (κ1) is 23.4. The normalized spacial score (nSPS) is 21.0. The standard InChI is InChI=1S/C25H29Cl2NO4/c1-17(32-24-8-3-4-11-31-24)25(19-9-10-21(26)22(27)14-19)15-28(16-25)23(29)13-18-6-5-7-20(12-18)30-2/h5-7,9-10,12,14,17,24H,3-4,8,11,13,15-16H2,1-2H3. The monoisotopic (exact) mass is 477 g/mol. The fraction of sp³-hybridized carbons (Fsp3) is 0.480.